The van der Waals surface area contributed by atoms with Gasteiger partial charge in [-0.05, 0) is 55.8 Å². The number of carbonyl (C=O) groups excluding carboxylic acids is 1. The van der Waals surface area contributed by atoms with Crippen molar-refractivity contribution in [1.29, 1.82) is 0 Å². The largest absolute Gasteiger partial charge is 0.507 e. The molecule has 0 unspecified atom stereocenters. The number of phenolic OH excluding ortho intramolecular Hbond substituents is 1. The first-order chi connectivity index (χ1) is 12.2. The van der Waals surface area contributed by atoms with Crippen molar-refractivity contribution in [1.82, 2.24) is 14.8 Å². The van der Waals surface area contributed by atoms with Crippen LogP contribution in [0.4, 0.5) is 0 Å². The highest BCUT2D eigenvalue weighted by molar-refractivity contribution is 5.96. The highest BCUT2D eigenvalue weighted by Gasteiger charge is 2.28. The smallest absolute Gasteiger partial charge is 0.257 e. The Hall–Kier alpha value is -2.40. The fraction of sp³-hybridized carbons (Fsp3) is 0.400. The van der Waals surface area contributed by atoms with Gasteiger partial charge in [0.1, 0.15) is 5.75 Å². The summed E-state index contributed by atoms with van der Waals surface area (Å²) in [7, 11) is 0. The minimum atomic E-state index is -0.127. The number of hydrogen-bond acceptors (Lipinski definition) is 4. The number of likely N-dealkylation sites (N-methyl/N-ethyl adjacent to an activating group) is 1. The van der Waals surface area contributed by atoms with Crippen molar-refractivity contribution in [2.45, 2.75) is 32.4 Å². The molecule has 1 amide bonds. The summed E-state index contributed by atoms with van der Waals surface area (Å²) in [6, 6.07) is 11.0. The number of pyridine rings is 1. The lowest BCUT2D eigenvalue weighted by Crippen LogP contribution is -2.42. The summed E-state index contributed by atoms with van der Waals surface area (Å²) < 4.78 is 0. The van der Waals surface area contributed by atoms with Gasteiger partial charge in [0.2, 0.25) is 0 Å². The number of aromatic nitrogens is 1. The monoisotopic (exact) mass is 339 g/mol. The molecule has 0 radical (unpaired) electrons. The molecule has 1 aromatic carbocycles. The molecule has 1 aliphatic rings. The van der Waals surface area contributed by atoms with Gasteiger partial charge in [-0.15, -0.1) is 0 Å². The van der Waals surface area contributed by atoms with Crippen LogP contribution in [0.3, 0.4) is 0 Å². The maximum absolute atomic E-state index is 13.1. The lowest BCUT2D eigenvalue weighted by atomic mass is 10.1. The SMILES string of the molecule is CCN1CCC[C@@H]1CN(Cc1ccncc1)C(=O)c1ccccc1O. The average Bonchev–Trinajstić information content (AvgIpc) is 3.09. The van der Waals surface area contributed by atoms with E-state index in [9.17, 15) is 9.90 Å². The Morgan fingerprint density at radius 3 is 2.76 bits per heavy atom. The Balaban J connectivity index is 1.83. The molecule has 132 valence electrons. The first-order valence-electron chi connectivity index (χ1n) is 8.89. The minimum absolute atomic E-state index is 0.0333. The zero-order valence-corrected chi connectivity index (χ0v) is 14.6. The molecule has 0 saturated carbocycles. The molecule has 1 N–H and O–H groups in total. The summed E-state index contributed by atoms with van der Waals surface area (Å²) in [6.07, 6.45) is 5.76. The Labute approximate surface area is 148 Å². The van der Waals surface area contributed by atoms with E-state index in [1.165, 1.54) is 6.42 Å². The number of carbonyl (C=O) groups is 1. The van der Waals surface area contributed by atoms with Gasteiger partial charge < -0.3 is 10.0 Å². The summed E-state index contributed by atoms with van der Waals surface area (Å²) >= 11 is 0. The van der Waals surface area contributed by atoms with E-state index < -0.39 is 0 Å². The molecule has 1 aliphatic heterocycles. The van der Waals surface area contributed by atoms with Crippen LogP contribution in [-0.2, 0) is 6.54 Å². The van der Waals surface area contributed by atoms with E-state index in [4.69, 9.17) is 0 Å². The van der Waals surface area contributed by atoms with E-state index in [1.807, 2.05) is 17.0 Å². The molecule has 3 rings (SSSR count). The summed E-state index contributed by atoms with van der Waals surface area (Å²) in [6.45, 7) is 5.44. The Morgan fingerprint density at radius 2 is 2.04 bits per heavy atom. The molecule has 5 nitrogen and oxygen atoms in total. The topological polar surface area (TPSA) is 56.7 Å². The maximum Gasteiger partial charge on any atom is 0.257 e. The molecule has 2 heterocycles. The number of hydrogen-bond donors (Lipinski definition) is 1. The number of para-hydroxylation sites is 1. The molecule has 5 heteroatoms. The van der Waals surface area contributed by atoms with Crippen molar-refractivity contribution < 1.29 is 9.90 Å². The fourth-order valence-corrected chi connectivity index (χ4v) is 3.53. The van der Waals surface area contributed by atoms with Crippen LogP contribution < -0.4 is 0 Å². The van der Waals surface area contributed by atoms with Crippen molar-refractivity contribution in [3.63, 3.8) is 0 Å². The normalized spacial score (nSPS) is 17.6. The predicted molar refractivity (Wildman–Crippen MR) is 97.4 cm³/mol. The number of amides is 1. The Kier molecular flexibility index (Phi) is 5.66. The van der Waals surface area contributed by atoms with Gasteiger partial charge in [-0.1, -0.05) is 19.1 Å². The highest BCUT2D eigenvalue weighted by Crippen LogP contribution is 2.23. The standard InChI is InChI=1S/C20H25N3O2/c1-2-22-13-5-6-17(22)15-23(14-16-9-11-21-12-10-16)20(25)18-7-3-4-8-19(18)24/h3-4,7-12,17,24H,2,5-6,13-15H2,1H3/t17-/m1/s1. The maximum atomic E-state index is 13.1. The van der Waals surface area contributed by atoms with Crippen LogP contribution in [0.25, 0.3) is 0 Å². The molecule has 0 spiro atoms. The molecule has 25 heavy (non-hydrogen) atoms. The zero-order chi connectivity index (χ0) is 17.6. The van der Waals surface area contributed by atoms with Gasteiger partial charge >= 0.3 is 0 Å². The third-order valence-electron chi connectivity index (χ3n) is 4.88. The van der Waals surface area contributed by atoms with Crippen LogP contribution in [0.2, 0.25) is 0 Å². The molecule has 1 aromatic heterocycles. The van der Waals surface area contributed by atoms with E-state index >= 15 is 0 Å². The molecular formula is C20H25N3O2. The molecule has 1 saturated heterocycles. The van der Waals surface area contributed by atoms with Crippen molar-refractivity contribution in [2.24, 2.45) is 0 Å². The average molecular weight is 339 g/mol. The first kappa shape index (κ1) is 17.4. The summed E-state index contributed by atoms with van der Waals surface area (Å²) in [4.78, 5) is 21.4. The van der Waals surface area contributed by atoms with Crippen molar-refractivity contribution in [3.8, 4) is 5.75 Å². The third-order valence-corrected chi connectivity index (χ3v) is 4.88. The van der Waals surface area contributed by atoms with E-state index in [1.54, 1.807) is 36.7 Å². The van der Waals surface area contributed by atoms with Gasteiger partial charge in [-0.3, -0.25) is 14.7 Å². The van der Waals surface area contributed by atoms with Crippen LogP contribution >= 0.6 is 0 Å². The second kappa shape index (κ2) is 8.12. The summed E-state index contributed by atoms with van der Waals surface area (Å²) in [5.41, 5.74) is 1.40. The summed E-state index contributed by atoms with van der Waals surface area (Å²) in [5, 5.41) is 10.1. The summed E-state index contributed by atoms with van der Waals surface area (Å²) in [5.74, 6) is -0.0936. The molecule has 1 atom stereocenters. The highest BCUT2D eigenvalue weighted by atomic mass is 16.3. The second-order valence-electron chi connectivity index (χ2n) is 6.48. The number of aromatic hydroxyl groups is 1. The number of nitrogens with zero attached hydrogens (tertiary/aromatic N) is 3. The predicted octanol–water partition coefficient (Wildman–Crippen LogP) is 2.91. The van der Waals surface area contributed by atoms with E-state index in [0.717, 1.165) is 25.1 Å². The van der Waals surface area contributed by atoms with Gasteiger partial charge in [-0.25, -0.2) is 0 Å². The Morgan fingerprint density at radius 1 is 1.28 bits per heavy atom. The van der Waals surface area contributed by atoms with E-state index in [-0.39, 0.29) is 11.7 Å². The van der Waals surface area contributed by atoms with Crippen molar-refractivity contribution >= 4 is 5.91 Å². The number of rotatable bonds is 6. The van der Waals surface area contributed by atoms with Crippen LogP contribution in [-0.4, -0.2) is 51.5 Å². The molecule has 0 bridgehead atoms. The number of phenols is 1. The molecular weight excluding hydrogens is 314 g/mol. The zero-order valence-electron chi connectivity index (χ0n) is 14.6. The minimum Gasteiger partial charge on any atom is -0.507 e. The first-order valence-corrected chi connectivity index (χ1v) is 8.89. The van der Waals surface area contributed by atoms with Crippen LogP contribution in [0, 0.1) is 0 Å². The van der Waals surface area contributed by atoms with Crippen LogP contribution in [0.15, 0.2) is 48.8 Å². The van der Waals surface area contributed by atoms with Gasteiger partial charge in [0.15, 0.2) is 0 Å². The lowest BCUT2D eigenvalue weighted by molar-refractivity contribution is 0.0689. The van der Waals surface area contributed by atoms with Gasteiger partial charge in [0, 0.05) is 31.5 Å². The van der Waals surface area contributed by atoms with Crippen LogP contribution in [0.1, 0.15) is 35.7 Å². The number of benzene rings is 1. The lowest BCUT2D eigenvalue weighted by Gasteiger charge is -2.30. The van der Waals surface area contributed by atoms with Gasteiger partial charge in [-0.2, -0.15) is 0 Å². The number of likely N-dealkylation sites (tertiary alicyclic amines) is 1. The van der Waals surface area contributed by atoms with Gasteiger partial charge in [0.25, 0.3) is 5.91 Å². The van der Waals surface area contributed by atoms with E-state index in [0.29, 0.717) is 24.7 Å². The fourth-order valence-electron chi connectivity index (χ4n) is 3.53. The van der Waals surface area contributed by atoms with Crippen molar-refractivity contribution in [3.05, 3.63) is 59.9 Å². The second-order valence-corrected chi connectivity index (χ2v) is 6.48. The Bertz CT molecular complexity index is 705. The molecule has 1 fully saturated rings. The quantitative estimate of drug-likeness (QED) is 0.879. The van der Waals surface area contributed by atoms with Gasteiger partial charge in [0.05, 0.1) is 5.56 Å². The molecule has 0 aliphatic carbocycles. The molecule has 2 aromatic rings. The van der Waals surface area contributed by atoms with Crippen molar-refractivity contribution in [2.75, 3.05) is 19.6 Å². The third kappa shape index (κ3) is 4.17. The van der Waals surface area contributed by atoms with E-state index in [2.05, 4.69) is 16.8 Å². The van der Waals surface area contributed by atoms with Crippen LogP contribution in [0.5, 0.6) is 5.75 Å².